The van der Waals surface area contributed by atoms with Crippen LogP contribution in [-0.4, -0.2) is 56.9 Å². The van der Waals surface area contributed by atoms with Crippen molar-refractivity contribution in [2.45, 2.75) is 32.2 Å². The maximum atomic E-state index is 12.4. The Balaban J connectivity index is 1.51. The van der Waals surface area contributed by atoms with E-state index in [4.69, 9.17) is 4.74 Å². The normalized spacial score (nSPS) is 23.6. The molecule has 28 heavy (non-hydrogen) atoms. The number of aryl methyl sites for hydroxylation is 1. The number of amides is 2. The molecule has 0 radical (unpaired) electrons. The summed E-state index contributed by atoms with van der Waals surface area (Å²) in [5.41, 5.74) is 1.82. The number of rotatable bonds is 6. The lowest BCUT2D eigenvalue weighted by atomic mass is 10.1. The summed E-state index contributed by atoms with van der Waals surface area (Å²) in [5, 5.41) is 2.57. The third-order valence-corrected chi connectivity index (χ3v) is 6.83. The summed E-state index contributed by atoms with van der Waals surface area (Å²) in [6.45, 7) is 1.74. The molecule has 0 bridgehead atoms. The van der Waals surface area contributed by atoms with Gasteiger partial charge in [-0.3, -0.25) is 14.4 Å². The number of sulfone groups is 1. The second kappa shape index (κ2) is 8.30. The summed E-state index contributed by atoms with van der Waals surface area (Å²) < 4.78 is 27.9. The van der Waals surface area contributed by atoms with E-state index < -0.39 is 40.3 Å². The molecule has 2 aliphatic heterocycles. The molecule has 2 fully saturated rings. The van der Waals surface area contributed by atoms with Crippen LogP contribution in [0.1, 0.15) is 25.3 Å². The number of benzene rings is 1. The van der Waals surface area contributed by atoms with Gasteiger partial charge >= 0.3 is 5.97 Å². The molecule has 8 nitrogen and oxygen atoms in total. The van der Waals surface area contributed by atoms with Crippen LogP contribution in [0.3, 0.4) is 0 Å². The lowest BCUT2D eigenvalue weighted by Crippen LogP contribution is -2.38. The van der Waals surface area contributed by atoms with E-state index in [9.17, 15) is 22.8 Å². The third-order valence-electron chi connectivity index (χ3n) is 5.06. The smallest absolute Gasteiger partial charge is 0.311 e. The van der Waals surface area contributed by atoms with Crippen LogP contribution in [0.4, 0.5) is 5.69 Å². The maximum Gasteiger partial charge on any atom is 0.311 e. The molecule has 3 rings (SSSR count). The van der Waals surface area contributed by atoms with E-state index in [1.165, 1.54) is 0 Å². The van der Waals surface area contributed by atoms with Gasteiger partial charge in [0.05, 0.1) is 17.4 Å². The predicted molar refractivity (Wildman–Crippen MR) is 102 cm³/mol. The lowest BCUT2D eigenvalue weighted by Gasteiger charge is -2.19. The van der Waals surface area contributed by atoms with E-state index in [2.05, 4.69) is 5.32 Å². The van der Waals surface area contributed by atoms with Crippen LogP contribution in [0.2, 0.25) is 0 Å². The van der Waals surface area contributed by atoms with Crippen LogP contribution in [0.25, 0.3) is 0 Å². The van der Waals surface area contributed by atoms with Gasteiger partial charge in [-0.15, -0.1) is 0 Å². The zero-order valence-corrected chi connectivity index (χ0v) is 16.5. The first-order valence-corrected chi connectivity index (χ1v) is 11.2. The van der Waals surface area contributed by atoms with Crippen LogP contribution >= 0.6 is 0 Å². The number of hydrogen-bond acceptors (Lipinski definition) is 6. The molecule has 0 aliphatic carbocycles. The van der Waals surface area contributed by atoms with E-state index >= 15 is 0 Å². The molecule has 1 N–H and O–H groups in total. The fourth-order valence-electron chi connectivity index (χ4n) is 3.60. The zero-order valence-electron chi connectivity index (χ0n) is 15.7. The molecule has 0 unspecified atom stereocenters. The SMILES string of the molecule is CCc1ccccc1N1C[C@H](C(=O)OCC(=O)N[C@@H]2CCS(=O)(=O)C2)CC1=O. The lowest BCUT2D eigenvalue weighted by molar-refractivity contribution is -0.152. The number of hydrogen-bond donors (Lipinski definition) is 1. The number of anilines is 1. The first-order valence-electron chi connectivity index (χ1n) is 9.33. The molecule has 1 aromatic rings. The number of nitrogens with one attached hydrogen (secondary N) is 1. The highest BCUT2D eigenvalue weighted by Crippen LogP contribution is 2.29. The first kappa shape index (κ1) is 20.3. The van der Waals surface area contributed by atoms with Gasteiger partial charge in [0.15, 0.2) is 16.4 Å². The Hall–Kier alpha value is -2.42. The van der Waals surface area contributed by atoms with Gasteiger partial charge in [-0.05, 0) is 24.5 Å². The molecule has 1 aromatic carbocycles. The fraction of sp³-hybridized carbons (Fsp3) is 0.526. The molecular weight excluding hydrogens is 384 g/mol. The number of nitrogens with zero attached hydrogens (tertiary/aromatic N) is 1. The second-order valence-corrected chi connectivity index (χ2v) is 9.39. The molecule has 2 amide bonds. The van der Waals surface area contributed by atoms with Crippen molar-refractivity contribution >= 4 is 33.3 Å². The van der Waals surface area contributed by atoms with E-state index in [1.54, 1.807) is 4.90 Å². The van der Waals surface area contributed by atoms with Crippen molar-refractivity contribution in [2.75, 3.05) is 29.6 Å². The molecule has 0 aromatic heterocycles. The van der Waals surface area contributed by atoms with Gasteiger partial charge in [0, 0.05) is 24.7 Å². The van der Waals surface area contributed by atoms with Gasteiger partial charge in [-0.25, -0.2) is 8.42 Å². The van der Waals surface area contributed by atoms with Crippen LogP contribution < -0.4 is 10.2 Å². The van der Waals surface area contributed by atoms with Gasteiger partial charge in [0.25, 0.3) is 5.91 Å². The van der Waals surface area contributed by atoms with Crippen molar-refractivity contribution in [3.63, 3.8) is 0 Å². The summed E-state index contributed by atoms with van der Waals surface area (Å²) in [6.07, 6.45) is 1.18. The Morgan fingerprint density at radius 1 is 1.29 bits per heavy atom. The first-order chi connectivity index (χ1) is 13.3. The van der Waals surface area contributed by atoms with E-state index in [0.717, 1.165) is 17.7 Å². The van der Waals surface area contributed by atoms with Gasteiger partial charge in [0.1, 0.15) is 0 Å². The topological polar surface area (TPSA) is 110 Å². The zero-order chi connectivity index (χ0) is 20.3. The van der Waals surface area contributed by atoms with E-state index in [1.807, 2.05) is 31.2 Å². The van der Waals surface area contributed by atoms with Gasteiger partial charge in [-0.1, -0.05) is 25.1 Å². The van der Waals surface area contributed by atoms with Crippen LogP contribution in [0.15, 0.2) is 24.3 Å². The summed E-state index contributed by atoms with van der Waals surface area (Å²) in [4.78, 5) is 38.2. The molecule has 0 spiro atoms. The third kappa shape index (κ3) is 4.70. The highest BCUT2D eigenvalue weighted by Gasteiger charge is 2.37. The number of ether oxygens (including phenoxy) is 1. The van der Waals surface area contributed by atoms with Gasteiger partial charge < -0.3 is 15.0 Å². The van der Waals surface area contributed by atoms with E-state index in [-0.39, 0.29) is 30.4 Å². The van der Waals surface area contributed by atoms with Crippen molar-refractivity contribution in [3.8, 4) is 0 Å². The summed E-state index contributed by atoms with van der Waals surface area (Å²) >= 11 is 0. The Morgan fingerprint density at radius 3 is 2.71 bits per heavy atom. The molecule has 2 saturated heterocycles. The number of para-hydroxylation sites is 1. The molecule has 2 heterocycles. The van der Waals surface area contributed by atoms with Crippen molar-refractivity contribution in [1.82, 2.24) is 5.32 Å². The Morgan fingerprint density at radius 2 is 2.04 bits per heavy atom. The second-order valence-electron chi connectivity index (χ2n) is 7.16. The van der Waals surface area contributed by atoms with Gasteiger partial charge in [-0.2, -0.15) is 0 Å². The van der Waals surface area contributed by atoms with Crippen LogP contribution in [0.5, 0.6) is 0 Å². The number of carbonyl (C=O) groups excluding carboxylic acids is 3. The molecule has 0 saturated carbocycles. The average molecular weight is 408 g/mol. The minimum Gasteiger partial charge on any atom is -0.455 e. The van der Waals surface area contributed by atoms with Crippen molar-refractivity contribution < 1.29 is 27.5 Å². The largest absolute Gasteiger partial charge is 0.455 e. The van der Waals surface area contributed by atoms with Crippen molar-refractivity contribution in [2.24, 2.45) is 5.92 Å². The molecule has 2 aliphatic rings. The Bertz CT molecular complexity index is 882. The summed E-state index contributed by atoms with van der Waals surface area (Å²) in [6, 6.07) is 7.12. The van der Waals surface area contributed by atoms with E-state index in [0.29, 0.717) is 6.42 Å². The molecular formula is C19H24N2O6S. The maximum absolute atomic E-state index is 12.4. The Kier molecular flexibility index (Phi) is 6.02. The summed E-state index contributed by atoms with van der Waals surface area (Å²) in [7, 11) is -3.10. The highest BCUT2D eigenvalue weighted by molar-refractivity contribution is 7.91. The standard InChI is InChI=1S/C19H24N2O6S/c1-2-13-5-3-4-6-16(13)21-10-14(9-18(21)23)19(24)27-11-17(22)20-15-7-8-28(25,26)12-15/h3-6,14-15H,2,7-12H2,1H3,(H,20,22)/t14-,15-/m1/s1. The van der Waals surface area contributed by atoms with Crippen LogP contribution in [0, 0.1) is 5.92 Å². The molecule has 152 valence electrons. The van der Waals surface area contributed by atoms with Crippen LogP contribution in [-0.2, 0) is 35.4 Å². The average Bonchev–Trinajstić information content (AvgIpc) is 3.21. The quantitative estimate of drug-likeness (QED) is 0.685. The fourth-order valence-corrected chi connectivity index (χ4v) is 5.28. The van der Waals surface area contributed by atoms with Crippen molar-refractivity contribution in [1.29, 1.82) is 0 Å². The molecule has 9 heteroatoms. The molecule has 2 atom stereocenters. The monoisotopic (exact) mass is 408 g/mol. The summed E-state index contributed by atoms with van der Waals surface area (Å²) in [5.74, 6) is -1.94. The Labute approximate surface area is 164 Å². The predicted octanol–water partition coefficient (Wildman–Crippen LogP) is 0.448. The minimum absolute atomic E-state index is 0.0410. The number of carbonyl (C=O) groups is 3. The van der Waals surface area contributed by atoms with Crippen molar-refractivity contribution in [3.05, 3.63) is 29.8 Å². The minimum atomic E-state index is -3.10. The number of esters is 1. The highest BCUT2D eigenvalue weighted by atomic mass is 32.2. The van der Waals surface area contributed by atoms with Gasteiger partial charge in [0.2, 0.25) is 5.91 Å².